The molecule has 2 rings (SSSR count). The Morgan fingerprint density at radius 1 is 1.26 bits per heavy atom. The normalized spacial score (nSPS) is 24.1. The summed E-state index contributed by atoms with van der Waals surface area (Å²) >= 11 is 0. The van der Waals surface area contributed by atoms with Gasteiger partial charge in [0.05, 0.1) is 5.92 Å². The summed E-state index contributed by atoms with van der Waals surface area (Å²) < 4.78 is 5.08. The molecule has 1 aliphatic carbocycles. The highest BCUT2D eigenvalue weighted by Crippen LogP contribution is 2.58. The van der Waals surface area contributed by atoms with E-state index in [1.54, 1.807) is 30.3 Å². The van der Waals surface area contributed by atoms with E-state index in [-0.39, 0.29) is 11.3 Å². The van der Waals surface area contributed by atoms with Crippen molar-refractivity contribution in [3.05, 3.63) is 42.5 Å². The van der Waals surface area contributed by atoms with Gasteiger partial charge in [-0.1, -0.05) is 38.1 Å². The number of hydrogen-bond donors (Lipinski definition) is 1. The summed E-state index contributed by atoms with van der Waals surface area (Å²) in [6.45, 7) is 3.76. The average Bonchev–Trinajstić information content (AvgIpc) is 2.90. The molecule has 0 bridgehead atoms. The first kappa shape index (κ1) is 13.3. The van der Waals surface area contributed by atoms with Gasteiger partial charge in [-0.15, -0.1) is 0 Å². The fourth-order valence-corrected chi connectivity index (χ4v) is 2.33. The molecular formula is C15H16O4. The number of ether oxygens (including phenoxy) is 1. The maximum atomic E-state index is 11.6. The first-order valence-electron chi connectivity index (χ1n) is 6.11. The molecule has 100 valence electrons. The standard InChI is InChI=1S/C15H16O4/c1-15(2)11(13(15)14(17)18)8-9-12(16)19-10-6-4-3-5-7-10/h3-9,11,13H,1-2H3,(H,17,18)/b9-8-. The molecule has 4 heteroatoms. The van der Waals surface area contributed by atoms with Crippen molar-refractivity contribution in [2.24, 2.45) is 17.3 Å². The summed E-state index contributed by atoms with van der Waals surface area (Å²) in [6, 6.07) is 8.75. The van der Waals surface area contributed by atoms with E-state index in [0.717, 1.165) is 0 Å². The molecule has 0 heterocycles. The summed E-state index contributed by atoms with van der Waals surface area (Å²) in [5, 5.41) is 9.01. The molecule has 0 spiro atoms. The van der Waals surface area contributed by atoms with E-state index in [0.29, 0.717) is 5.75 Å². The van der Waals surface area contributed by atoms with Crippen LogP contribution in [0.2, 0.25) is 0 Å². The molecule has 2 atom stereocenters. The van der Waals surface area contributed by atoms with Crippen LogP contribution in [0.3, 0.4) is 0 Å². The van der Waals surface area contributed by atoms with Gasteiger partial charge in [0.25, 0.3) is 0 Å². The van der Waals surface area contributed by atoms with Crippen LogP contribution in [0.4, 0.5) is 0 Å². The highest BCUT2D eigenvalue weighted by atomic mass is 16.5. The number of carboxylic acids is 1. The third-order valence-corrected chi connectivity index (χ3v) is 3.58. The highest BCUT2D eigenvalue weighted by Gasteiger charge is 2.60. The van der Waals surface area contributed by atoms with Gasteiger partial charge in [0.2, 0.25) is 0 Å². The molecule has 1 aliphatic rings. The number of carbonyl (C=O) groups excluding carboxylic acids is 1. The fraction of sp³-hybridized carbons (Fsp3) is 0.333. The zero-order valence-electron chi connectivity index (χ0n) is 10.9. The van der Waals surface area contributed by atoms with Crippen LogP contribution in [0.25, 0.3) is 0 Å². The van der Waals surface area contributed by atoms with E-state index in [9.17, 15) is 9.59 Å². The second kappa shape index (κ2) is 4.88. The molecule has 1 saturated carbocycles. The zero-order valence-corrected chi connectivity index (χ0v) is 10.9. The van der Waals surface area contributed by atoms with E-state index < -0.39 is 17.9 Å². The van der Waals surface area contributed by atoms with Gasteiger partial charge in [-0.2, -0.15) is 0 Å². The lowest BCUT2D eigenvalue weighted by molar-refractivity contribution is -0.139. The molecule has 0 aromatic heterocycles. The summed E-state index contributed by atoms with van der Waals surface area (Å²) in [4.78, 5) is 22.5. The van der Waals surface area contributed by atoms with Gasteiger partial charge in [-0.05, 0) is 23.5 Å². The number of hydrogen-bond acceptors (Lipinski definition) is 3. The lowest BCUT2D eigenvalue weighted by Crippen LogP contribution is -2.04. The van der Waals surface area contributed by atoms with Crippen molar-refractivity contribution in [2.45, 2.75) is 13.8 Å². The van der Waals surface area contributed by atoms with Crippen molar-refractivity contribution in [1.82, 2.24) is 0 Å². The van der Waals surface area contributed by atoms with Gasteiger partial charge in [-0.3, -0.25) is 4.79 Å². The van der Waals surface area contributed by atoms with E-state index >= 15 is 0 Å². The number of rotatable bonds is 4. The predicted molar refractivity (Wildman–Crippen MR) is 69.6 cm³/mol. The molecule has 2 unspecified atom stereocenters. The molecule has 0 aliphatic heterocycles. The Kier molecular flexibility index (Phi) is 3.42. The topological polar surface area (TPSA) is 63.6 Å². The van der Waals surface area contributed by atoms with Gasteiger partial charge in [0.1, 0.15) is 5.75 Å². The fourth-order valence-electron chi connectivity index (χ4n) is 2.33. The monoisotopic (exact) mass is 260 g/mol. The van der Waals surface area contributed by atoms with Crippen LogP contribution in [0, 0.1) is 17.3 Å². The lowest BCUT2D eigenvalue weighted by atomic mass is 10.1. The third-order valence-electron chi connectivity index (χ3n) is 3.58. The second-order valence-corrected chi connectivity index (χ2v) is 5.26. The van der Waals surface area contributed by atoms with Crippen LogP contribution in [-0.2, 0) is 9.59 Å². The second-order valence-electron chi connectivity index (χ2n) is 5.26. The largest absolute Gasteiger partial charge is 0.481 e. The summed E-state index contributed by atoms with van der Waals surface area (Å²) in [6.07, 6.45) is 2.94. The van der Waals surface area contributed by atoms with Crippen molar-refractivity contribution >= 4 is 11.9 Å². The summed E-state index contributed by atoms with van der Waals surface area (Å²) in [5.74, 6) is -1.38. The van der Waals surface area contributed by atoms with Crippen molar-refractivity contribution < 1.29 is 19.4 Å². The average molecular weight is 260 g/mol. The minimum absolute atomic E-state index is 0.117. The van der Waals surface area contributed by atoms with Gasteiger partial charge in [-0.25, -0.2) is 4.79 Å². The van der Waals surface area contributed by atoms with E-state index in [1.165, 1.54) is 6.08 Å². The first-order valence-corrected chi connectivity index (χ1v) is 6.11. The predicted octanol–water partition coefficient (Wildman–Crippen LogP) is 2.50. The van der Waals surface area contributed by atoms with Crippen LogP contribution in [-0.4, -0.2) is 17.0 Å². The Balaban J connectivity index is 1.94. The van der Waals surface area contributed by atoms with Crippen molar-refractivity contribution in [1.29, 1.82) is 0 Å². The highest BCUT2D eigenvalue weighted by molar-refractivity contribution is 5.84. The van der Waals surface area contributed by atoms with Crippen molar-refractivity contribution in [3.8, 4) is 5.75 Å². The van der Waals surface area contributed by atoms with Crippen LogP contribution in [0.15, 0.2) is 42.5 Å². The molecule has 1 fully saturated rings. The maximum Gasteiger partial charge on any atom is 0.335 e. The van der Waals surface area contributed by atoms with Crippen LogP contribution in [0.5, 0.6) is 5.75 Å². The molecular weight excluding hydrogens is 244 g/mol. The minimum atomic E-state index is -0.823. The SMILES string of the molecule is CC1(C)C(/C=C\C(=O)Oc2ccccc2)C1C(=O)O. The Labute approximate surface area is 111 Å². The van der Waals surface area contributed by atoms with Gasteiger partial charge in [0.15, 0.2) is 0 Å². The smallest absolute Gasteiger partial charge is 0.335 e. The van der Waals surface area contributed by atoms with Crippen molar-refractivity contribution in [3.63, 3.8) is 0 Å². The first-order chi connectivity index (χ1) is 8.93. The Bertz CT molecular complexity index is 516. The van der Waals surface area contributed by atoms with E-state index in [4.69, 9.17) is 9.84 Å². The van der Waals surface area contributed by atoms with E-state index in [2.05, 4.69) is 0 Å². The van der Waals surface area contributed by atoms with Gasteiger partial charge < -0.3 is 9.84 Å². The van der Waals surface area contributed by atoms with Crippen LogP contribution < -0.4 is 4.74 Å². The van der Waals surface area contributed by atoms with Gasteiger partial charge >= 0.3 is 11.9 Å². The Morgan fingerprint density at radius 3 is 2.42 bits per heavy atom. The van der Waals surface area contributed by atoms with Crippen LogP contribution in [0.1, 0.15) is 13.8 Å². The number of aliphatic carboxylic acids is 1. The van der Waals surface area contributed by atoms with Gasteiger partial charge in [0, 0.05) is 6.08 Å². The minimum Gasteiger partial charge on any atom is -0.481 e. The zero-order chi connectivity index (χ0) is 14.0. The van der Waals surface area contributed by atoms with Crippen LogP contribution >= 0.6 is 0 Å². The number of allylic oxidation sites excluding steroid dienone is 1. The molecule has 0 saturated heterocycles. The van der Waals surface area contributed by atoms with Crippen molar-refractivity contribution in [2.75, 3.05) is 0 Å². The Hall–Kier alpha value is -2.10. The molecule has 0 amide bonds. The third kappa shape index (κ3) is 2.84. The number of esters is 1. The molecule has 1 aromatic rings. The number of carbonyl (C=O) groups is 2. The molecule has 1 N–H and O–H groups in total. The summed E-state index contributed by atoms with van der Waals surface area (Å²) in [7, 11) is 0. The summed E-state index contributed by atoms with van der Waals surface area (Å²) in [5.41, 5.74) is -0.296. The molecule has 19 heavy (non-hydrogen) atoms. The number of carboxylic acid groups (broad SMARTS) is 1. The maximum absolute atomic E-state index is 11.6. The van der Waals surface area contributed by atoms with E-state index in [1.807, 2.05) is 19.9 Å². The molecule has 4 nitrogen and oxygen atoms in total. The number of benzene rings is 1. The quantitative estimate of drug-likeness (QED) is 0.513. The molecule has 1 aromatic carbocycles. The number of para-hydroxylation sites is 1. The lowest BCUT2D eigenvalue weighted by Gasteiger charge is -2.00. The Morgan fingerprint density at radius 2 is 1.89 bits per heavy atom. The molecule has 0 radical (unpaired) electrons.